The number of benzene rings is 1. The summed E-state index contributed by atoms with van der Waals surface area (Å²) >= 11 is 0. The molecule has 0 aliphatic carbocycles. The number of carboxylic acid groups (broad SMARTS) is 1. The molecule has 0 bridgehead atoms. The zero-order chi connectivity index (χ0) is 11.1. The molecule has 0 spiro atoms. The number of hydrogen-bond acceptors (Lipinski definition) is 2. The first-order chi connectivity index (χ1) is 7.24. The lowest BCUT2D eigenvalue weighted by molar-refractivity contribution is -0.137. The molecule has 1 aromatic carbocycles. The van der Waals surface area contributed by atoms with Crippen molar-refractivity contribution in [1.82, 2.24) is 0 Å². The first-order valence-electron chi connectivity index (χ1n) is 5.27. The van der Waals surface area contributed by atoms with Gasteiger partial charge in [-0.05, 0) is 31.4 Å². The predicted octanol–water partition coefficient (Wildman–Crippen LogP) is 2.53. The number of para-hydroxylation sites is 1. The summed E-state index contributed by atoms with van der Waals surface area (Å²) in [5.74, 6) is -0.726. The van der Waals surface area contributed by atoms with Crippen LogP contribution in [0.2, 0.25) is 0 Å². The van der Waals surface area contributed by atoms with Crippen molar-refractivity contribution in [3.8, 4) is 0 Å². The summed E-state index contributed by atoms with van der Waals surface area (Å²) in [6, 6.07) is 8.04. The maximum atomic E-state index is 10.4. The number of aliphatic carboxylic acids is 1. The van der Waals surface area contributed by atoms with Crippen LogP contribution in [0.25, 0.3) is 0 Å². The summed E-state index contributed by atoms with van der Waals surface area (Å²) in [5.41, 5.74) is 2.31. The summed E-state index contributed by atoms with van der Waals surface area (Å²) in [6.45, 7) is 2.93. The van der Waals surface area contributed by atoms with Gasteiger partial charge in [-0.25, -0.2) is 0 Å². The Morgan fingerprint density at radius 2 is 2.13 bits per heavy atom. The molecule has 0 atom stereocenters. The summed E-state index contributed by atoms with van der Waals surface area (Å²) in [6.07, 6.45) is 1.74. The van der Waals surface area contributed by atoms with Crippen molar-refractivity contribution in [1.29, 1.82) is 0 Å². The van der Waals surface area contributed by atoms with Gasteiger partial charge in [0.2, 0.25) is 0 Å². The highest BCUT2D eigenvalue weighted by Gasteiger charge is 2.02. The van der Waals surface area contributed by atoms with Gasteiger partial charge in [0.25, 0.3) is 0 Å². The number of aryl methyl sites for hydroxylation is 1. The van der Waals surface area contributed by atoms with E-state index < -0.39 is 5.97 Å². The first-order valence-corrected chi connectivity index (χ1v) is 5.27. The number of rotatable bonds is 6. The van der Waals surface area contributed by atoms with Gasteiger partial charge in [0, 0.05) is 18.7 Å². The van der Waals surface area contributed by atoms with Crippen LogP contribution in [0.3, 0.4) is 0 Å². The number of nitrogens with one attached hydrogen (secondary N) is 1. The highest BCUT2D eigenvalue weighted by molar-refractivity contribution is 5.66. The fourth-order valence-electron chi connectivity index (χ4n) is 1.53. The van der Waals surface area contributed by atoms with Crippen molar-refractivity contribution in [2.45, 2.75) is 26.2 Å². The minimum Gasteiger partial charge on any atom is -0.481 e. The Kier molecular flexibility index (Phi) is 4.68. The maximum absolute atomic E-state index is 10.4. The van der Waals surface area contributed by atoms with Crippen LogP contribution in [0.1, 0.15) is 25.3 Å². The topological polar surface area (TPSA) is 49.3 Å². The molecule has 0 unspecified atom stereocenters. The highest BCUT2D eigenvalue weighted by Crippen LogP contribution is 2.17. The minimum atomic E-state index is -0.726. The van der Waals surface area contributed by atoms with E-state index in [0.717, 1.165) is 18.7 Å². The van der Waals surface area contributed by atoms with Crippen molar-refractivity contribution >= 4 is 11.7 Å². The van der Waals surface area contributed by atoms with E-state index in [0.29, 0.717) is 6.42 Å². The fraction of sp³-hybridized carbons (Fsp3) is 0.417. The van der Waals surface area contributed by atoms with Crippen LogP contribution in [0, 0.1) is 0 Å². The number of carboxylic acids is 1. The Bertz CT molecular complexity index is 323. The molecule has 3 nitrogen and oxygen atoms in total. The van der Waals surface area contributed by atoms with E-state index in [9.17, 15) is 4.79 Å². The quantitative estimate of drug-likeness (QED) is 0.753. The highest BCUT2D eigenvalue weighted by atomic mass is 16.4. The lowest BCUT2D eigenvalue weighted by Crippen LogP contribution is -2.02. The van der Waals surface area contributed by atoms with E-state index in [4.69, 9.17) is 5.11 Å². The molecule has 0 aliphatic rings. The summed E-state index contributed by atoms with van der Waals surface area (Å²) in [4.78, 5) is 10.4. The van der Waals surface area contributed by atoms with E-state index >= 15 is 0 Å². The third-order valence-electron chi connectivity index (χ3n) is 2.22. The molecule has 82 valence electrons. The Balaban J connectivity index is 2.55. The molecule has 0 aromatic heterocycles. The van der Waals surface area contributed by atoms with Crippen molar-refractivity contribution in [3.05, 3.63) is 29.8 Å². The number of carbonyl (C=O) groups is 1. The summed E-state index contributed by atoms with van der Waals surface area (Å²) < 4.78 is 0. The van der Waals surface area contributed by atoms with E-state index in [1.807, 2.05) is 31.2 Å². The second kappa shape index (κ2) is 6.06. The molecule has 15 heavy (non-hydrogen) atoms. The van der Waals surface area contributed by atoms with Gasteiger partial charge < -0.3 is 10.4 Å². The standard InChI is InChI=1S/C12H17NO2/c1-2-13-11-8-4-3-6-10(11)7-5-9-12(14)15/h3-4,6,8,13H,2,5,7,9H2,1H3,(H,14,15). The maximum Gasteiger partial charge on any atom is 0.303 e. The third-order valence-corrected chi connectivity index (χ3v) is 2.22. The lowest BCUT2D eigenvalue weighted by atomic mass is 10.1. The molecule has 0 radical (unpaired) electrons. The second-order valence-electron chi connectivity index (χ2n) is 3.43. The van der Waals surface area contributed by atoms with Crippen molar-refractivity contribution in [2.24, 2.45) is 0 Å². The van der Waals surface area contributed by atoms with Crippen molar-refractivity contribution in [2.75, 3.05) is 11.9 Å². The van der Waals surface area contributed by atoms with Crippen LogP contribution in [0.5, 0.6) is 0 Å². The number of anilines is 1. The van der Waals surface area contributed by atoms with Crippen molar-refractivity contribution in [3.63, 3.8) is 0 Å². The first kappa shape index (κ1) is 11.6. The molecule has 0 aliphatic heterocycles. The van der Waals surface area contributed by atoms with Gasteiger partial charge in [-0.1, -0.05) is 18.2 Å². The van der Waals surface area contributed by atoms with Gasteiger partial charge in [0.15, 0.2) is 0 Å². The summed E-state index contributed by atoms with van der Waals surface area (Å²) in [7, 11) is 0. The monoisotopic (exact) mass is 207 g/mol. The average molecular weight is 207 g/mol. The Morgan fingerprint density at radius 1 is 1.40 bits per heavy atom. The normalized spacial score (nSPS) is 9.93. The smallest absolute Gasteiger partial charge is 0.303 e. The minimum absolute atomic E-state index is 0.237. The zero-order valence-electron chi connectivity index (χ0n) is 8.99. The van der Waals surface area contributed by atoms with Gasteiger partial charge in [-0.2, -0.15) is 0 Å². The molecule has 3 heteroatoms. The van der Waals surface area contributed by atoms with Crippen LogP contribution in [-0.2, 0) is 11.2 Å². The average Bonchev–Trinajstić information content (AvgIpc) is 2.20. The van der Waals surface area contributed by atoms with Gasteiger partial charge >= 0.3 is 5.97 Å². The molecule has 1 aromatic rings. The van der Waals surface area contributed by atoms with Gasteiger partial charge in [-0.15, -0.1) is 0 Å². The van der Waals surface area contributed by atoms with Gasteiger partial charge in [-0.3, -0.25) is 4.79 Å². The number of hydrogen-bond donors (Lipinski definition) is 2. The summed E-state index contributed by atoms with van der Waals surface area (Å²) in [5, 5.41) is 11.8. The fourth-order valence-corrected chi connectivity index (χ4v) is 1.53. The van der Waals surface area contributed by atoms with Gasteiger partial charge in [0.05, 0.1) is 0 Å². The Morgan fingerprint density at radius 3 is 2.80 bits per heavy atom. The van der Waals surface area contributed by atoms with Crippen LogP contribution in [0.4, 0.5) is 5.69 Å². The van der Waals surface area contributed by atoms with Crippen LogP contribution >= 0.6 is 0 Å². The Labute approximate surface area is 90.1 Å². The van der Waals surface area contributed by atoms with Crippen LogP contribution in [-0.4, -0.2) is 17.6 Å². The molecular weight excluding hydrogens is 190 g/mol. The third kappa shape index (κ3) is 4.02. The van der Waals surface area contributed by atoms with Crippen LogP contribution in [0.15, 0.2) is 24.3 Å². The predicted molar refractivity (Wildman–Crippen MR) is 61.2 cm³/mol. The van der Waals surface area contributed by atoms with E-state index in [1.54, 1.807) is 0 Å². The molecule has 1 rings (SSSR count). The molecular formula is C12H17NO2. The second-order valence-corrected chi connectivity index (χ2v) is 3.43. The van der Waals surface area contributed by atoms with E-state index in [-0.39, 0.29) is 6.42 Å². The molecule has 0 heterocycles. The molecule has 2 N–H and O–H groups in total. The molecule has 0 fully saturated rings. The Hall–Kier alpha value is -1.51. The molecule has 0 amide bonds. The van der Waals surface area contributed by atoms with Crippen LogP contribution < -0.4 is 5.32 Å². The van der Waals surface area contributed by atoms with E-state index in [1.165, 1.54) is 5.56 Å². The molecule has 0 saturated carbocycles. The SMILES string of the molecule is CCNc1ccccc1CCCC(=O)O. The largest absolute Gasteiger partial charge is 0.481 e. The van der Waals surface area contributed by atoms with Gasteiger partial charge in [0.1, 0.15) is 0 Å². The lowest BCUT2D eigenvalue weighted by Gasteiger charge is -2.09. The molecule has 0 saturated heterocycles. The van der Waals surface area contributed by atoms with Crippen molar-refractivity contribution < 1.29 is 9.90 Å². The zero-order valence-corrected chi connectivity index (χ0v) is 8.99. The van der Waals surface area contributed by atoms with E-state index in [2.05, 4.69) is 5.32 Å².